The minimum atomic E-state index is -1.05. The summed E-state index contributed by atoms with van der Waals surface area (Å²) in [5.41, 5.74) is 0.781. The molecule has 1 aliphatic heterocycles. The fraction of sp³-hybridized carbons (Fsp3) is 0.154. The molecule has 3 aromatic carbocycles. The maximum absolute atomic E-state index is 14.0. The van der Waals surface area contributed by atoms with Crippen molar-refractivity contribution in [1.29, 1.82) is 0 Å². The topological polar surface area (TPSA) is 66.8 Å². The molecule has 0 radical (unpaired) electrons. The summed E-state index contributed by atoms with van der Waals surface area (Å²) >= 11 is 12.3. The summed E-state index contributed by atoms with van der Waals surface area (Å²) in [5, 5.41) is 11.7. The molecule has 1 saturated heterocycles. The SMILES string of the molecule is CCCOc1ccc(/C(O)=C2/C(=O)C(=O)N(c3cccc(F)c3)C2c2ccc(Cl)c(Cl)c2)cc1. The van der Waals surface area contributed by atoms with Crippen molar-refractivity contribution in [1.82, 2.24) is 0 Å². The summed E-state index contributed by atoms with van der Waals surface area (Å²) in [4.78, 5) is 27.4. The summed E-state index contributed by atoms with van der Waals surface area (Å²) in [7, 11) is 0. The number of aliphatic hydroxyl groups excluding tert-OH is 1. The van der Waals surface area contributed by atoms with Gasteiger partial charge in [0.25, 0.3) is 11.7 Å². The Kier molecular flexibility index (Phi) is 6.91. The van der Waals surface area contributed by atoms with Crippen molar-refractivity contribution < 1.29 is 23.8 Å². The average molecular weight is 500 g/mol. The highest BCUT2D eigenvalue weighted by Crippen LogP contribution is 2.43. The summed E-state index contributed by atoms with van der Waals surface area (Å²) in [5.74, 6) is -2.12. The molecule has 34 heavy (non-hydrogen) atoms. The van der Waals surface area contributed by atoms with Crippen LogP contribution in [0.3, 0.4) is 0 Å². The first-order valence-electron chi connectivity index (χ1n) is 10.6. The Balaban J connectivity index is 1.87. The lowest BCUT2D eigenvalue weighted by Gasteiger charge is -2.25. The number of carbonyl (C=O) groups excluding carboxylic acids is 2. The van der Waals surface area contributed by atoms with Gasteiger partial charge in [0.2, 0.25) is 0 Å². The van der Waals surface area contributed by atoms with Crippen LogP contribution < -0.4 is 9.64 Å². The van der Waals surface area contributed by atoms with Crippen molar-refractivity contribution in [3.05, 3.63) is 99.3 Å². The van der Waals surface area contributed by atoms with Crippen molar-refractivity contribution in [2.24, 2.45) is 0 Å². The zero-order chi connectivity index (χ0) is 24.4. The molecular weight excluding hydrogens is 480 g/mol. The predicted octanol–water partition coefficient (Wildman–Crippen LogP) is 6.55. The van der Waals surface area contributed by atoms with Crippen LogP contribution in [-0.4, -0.2) is 23.4 Å². The lowest BCUT2D eigenvalue weighted by Crippen LogP contribution is -2.29. The molecule has 3 aromatic rings. The number of Topliss-reactive ketones (excluding diaryl/α,β-unsaturated/α-hetero) is 1. The highest BCUT2D eigenvalue weighted by molar-refractivity contribution is 6.51. The molecule has 1 fully saturated rings. The smallest absolute Gasteiger partial charge is 0.300 e. The van der Waals surface area contributed by atoms with Crippen LogP contribution >= 0.6 is 23.2 Å². The van der Waals surface area contributed by atoms with E-state index in [0.29, 0.717) is 23.5 Å². The van der Waals surface area contributed by atoms with Gasteiger partial charge in [0, 0.05) is 11.3 Å². The molecule has 174 valence electrons. The van der Waals surface area contributed by atoms with Gasteiger partial charge in [-0.1, -0.05) is 42.3 Å². The first kappa shape index (κ1) is 23.8. The Bertz CT molecular complexity index is 1290. The van der Waals surface area contributed by atoms with Crippen LogP contribution in [0.5, 0.6) is 5.75 Å². The molecule has 1 amide bonds. The van der Waals surface area contributed by atoms with Crippen LogP contribution in [0.4, 0.5) is 10.1 Å². The maximum atomic E-state index is 14.0. The van der Waals surface area contributed by atoms with Gasteiger partial charge in [-0.2, -0.15) is 0 Å². The minimum absolute atomic E-state index is 0.144. The highest BCUT2D eigenvalue weighted by Gasteiger charge is 2.47. The van der Waals surface area contributed by atoms with Gasteiger partial charge < -0.3 is 9.84 Å². The summed E-state index contributed by atoms with van der Waals surface area (Å²) in [6, 6.07) is 15.5. The van der Waals surface area contributed by atoms with Crippen molar-refractivity contribution in [2.45, 2.75) is 19.4 Å². The molecule has 0 bridgehead atoms. The van der Waals surface area contributed by atoms with E-state index in [4.69, 9.17) is 27.9 Å². The summed E-state index contributed by atoms with van der Waals surface area (Å²) in [6.45, 7) is 2.53. The number of hydrogen-bond donors (Lipinski definition) is 1. The van der Waals surface area contributed by atoms with Crippen molar-refractivity contribution in [3.8, 4) is 5.75 Å². The monoisotopic (exact) mass is 499 g/mol. The maximum Gasteiger partial charge on any atom is 0.300 e. The van der Waals surface area contributed by atoms with Gasteiger partial charge in [0.05, 0.1) is 28.3 Å². The second kappa shape index (κ2) is 9.87. The number of nitrogens with zero attached hydrogens (tertiary/aromatic N) is 1. The first-order valence-corrected chi connectivity index (χ1v) is 11.3. The van der Waals surface area contributed by atoms with Crippen LogP contribution in [-0.2, 0) is 9.59 Å². The van der Waals surface area contributed by atoms with E-state index in [1.54, 1.807) is 30.3 Å². The number of benzene rings is 3. The standard InChI is InChI=1S/C26H20Cl2FNO4/c1-2-12-34-19-9-6-15(7-10-19)24(31)22-23(16-8-11-20(27)21(28)13-16)30(26(33)25(22)32)18-5-3-4-17(29)14-18/h3-11,13-14,23,31H,2,12H2,1H3/b24-22-. The van der Waals surface area contributed by atoms with E-state index in [0.717, 1.165) is 17.4 Å². The molecule has 0 spiro atoms. The van der Waals surface area contributed by atoms with E-state index >= 15 is 0 Å². The third-order valence-electron chi connectivity index (χ3n) is 5.39. The minimum Gasteiger partial charge on any atom is -0.507 e. The lowest BCUT2D eigenvalue weighted by molar-refractivity contribution is -0.132. The number of aliphatic hydroxyl groups is 1. The third kappa shape index (κ3) is 4.52. The number of amides is 1. The number of hydrogen-bond acceptors (Lipinski definition) is 4. The average Bonchev–Trinajstić information content (AvgIpc) is 3.10. The van der Waals surface area contributed by atoms with Crippen LogP contribution in [0.25, 0.3) is 5.76 Å². The Labute approximate surface area is 206 Å². The number of carbonyl (C=O) groups is 2. The van der Waals surface area contributed by atoms with Gasteiger partial charge in [-0.25, -0.2) is 4.39 Å². The fourth-order valence-corrected chi connectivity index (χ4v) is 4.11. The van der Waals surface area contributed by atoms with Gasteiger partial charge in [-0.15, -0.1) is 0 Å². The Morgan fingerprint density at radius 3 is 2.41 bits per heavy atom. The van der Waals surface area contributed by atoms with Gasteiger partial charge >= 0.3 is 0 Å². The van der Waals surface area contributed by atoms with E-state index in [2.05, 4.69) is 0 Å². The predicted molar refractivity (Wildman–Crippen MR) is 130 cm³/mol. The number of ether oxygens (including phenoxy) is 1. The molecular formula is C26H20Cl2FNO4. The fourth-order valence-electron chi connectivity index (χ4n) is 3.81. The normalized spacial score (nSPS) is 17.3. The molecule has 0 aromatic heterocycles. The molecule has 0 saturated carbocycles. The van der Waals surface area contributed by atoms with Gasteiger partial charge in [0.1, 0.15) is 17.3 Å². The van der Waals surface area contributed by atoms with E-state index in [-0.39, 0.29) is 27.1 Å². The number of halogens is 3. The van der Waals surface area contributed by atoms with Gasteiger partial charge in [-0.05, 0) is 66.6 Å². The van der Waals surface area contributed by atoms with Crippen LogP contribution in [0, 0.1) is 5.82 Å². The Morgan fingerprint density at radius 2 is 1.76 bits per heavy atom. The Morgan fingerprint density at radius 1 is 1.03 bits per heavy atom. The molecule has 1 N–H and O–H groups in total. The number of rotatable bonds is 6. The van der Waals surface area contributed by atoms with Crippen LogP contribution in [0.1, 0.15) is 30.5 Å². The number of ketones is 1. The third-order valence-corrected chi connectivity index (χ3v) is 6.13. The number of anilines is 1. The Hall–Kier alpha value is -3.35. The molecule has 5 nitrogen and oxygen atoms in total. The molecule has 1 aliphatic rings. The van der Waals surface area contributed by atoms with Crippen molar-refractivity contribution >= 4 is 46.3 Å². The van der Waals surface area contributed by atoms with Crippen molar-refractivity contribution in [3.63, 3.8) is 0 Å². The van der Waals surface area contributed by atoms with E-state index in [9.17, 15) is 19.1 Å². The summed E-state index contributed by atoms with van der Waals surface area (Å²) < 4.78 is 19.6. The van der Waals surface area contributed by atoms with Gasteiger partial charge in [0.15, 0.2) is 0 Å². The molecule has 1 heterocycles. The molecule has 1 atom stereocenters. The first-order chi connectivity index (χ1) is 16.3. The molecule has 4 rings (SSSR count). The lowest BCUT2D eigenvalue weighted by atomic mass is 9.95. The molecule has 1 unspecified atom stereocenters. The van der Waals surface area contributed by atoms with Gasteiger partial charge in [-0.3, -0.25) is 14.5 Å². The second-order valence-electron chi connectivity index (χ2n) is 7.70. The zero-order valence-corrected chi connectivity index (χ0v) is 19.6. The van der Waals surface area contributed by atoms with E-state index in [1.807, 2.05) is 6.92 Å². The van der Waals surface area contributed by atoms with E-state index < -0.39 is 23.5 Å². The van der Waals surface area contributed by atoms with Crippen LogP contribution in [0.2, 0.25) is 10.0 Å². The highest BCUT2D eigenvalue weighted by atomic mass is 35.5. The quantitative estimate of drug-likeness (QED) is 0.237. The van der Waals surface area contributed by atoms with Crippen LogP contribution in [0.15, 0.2) is 72.3 Å². The largest absolute Gasteiger partial charge is 0.507 e. The zero-order valence-electron chi connectivity index (χ0n) is 18.1. The van der Waals surface area contributed by atoms with Crippen molar-refractivity contribution in [2.75, 3.05) is 11.5 Å². The molecule has 0 aliphatic carbocycles. The second-order valence-corrected chi connectivity index (χ2v) is 8.51. The summed E-state index contributed by atoms with van der Waals surface area (Å²) in [6.07, 6.45) is 0.842. The molecule has 8 heteroatoms. The van der Waals surface area contributed by atoms with E-state index in [1.165, 1.54) is 30.3 Å².